The molecule has 1 saturated heterocycles. The van der Waals surface area contributed by atoms with Gasteiger partial charge in [0, 0.05) is 30.9 Å². The maximum Gasteiger partial charge on any atom is 0.251 e. The molecule has 2 N–H and O–H groups in total. The highest BCUT2D eigenvalue weighted by atomic mass is 16.1. The standard InChI is InChI=1S/C17H27N3O/c1-3-11-20-12-4-5-15(10-13-20)19-16-8-6-14(7-9-16)17(21)18-2/h6-9,15,19H,3-5,10-13H2,1-2H3,(H,18,21). The zero-order chi connectivity index (χ0) is 15.1. The minimum atomic E-state index is -0.0359. The van der Waals surface area contributed by atoms with Crippen LogP contribution in [-0.4, -0.2) is 43.5 Å². The van der Waals surface area contributed by atoms with E-state index in [1.165, 1.54) is 45.3 Å². The van der Waals surface area contributed by atoms with Crippen LogP contribution < -0.4 is 10.6 Å². The highest BCUT2D eigenvalue weighted by Crippen LogP contribution is 2.17. The van der Waals surface area contributed by atoms with E-state index in [0.717, 1.165) is 5.69 Å². The topological polar surface area (TPSA) is 44.4 Å². The molecule has 1 aliphatic rings. The molecule has 116 valence electrons. The highest BCUT2D eigenvalue weighted by molar-refractivity contribution is 5.94. The van der Waals surface area contributed by atoms with E-state index in [2.05, 4.69) is 22.5 Å². The van der Waals surface area contributed by atoms with Gasteiger partial charge in [-0.15, -0.1) is 0 Å². The Morgan fingerprint density at radius 2 is 2.00 bits per heavy atom. The van der Waals surface area contributed by atoms with Gasteiger partial charge >= 0.3 is 0 Å². The molecule has 1 amide bonds. The van der Waals surface area contributed by atoms with Crippen molar-refractivity contribution in [2.45, 2.75) is 38.6 Å². The third-order valence-corrected chi connectivity index (χ3v) is 4.11. The Kier molecular flexibility index (Phi) is 6.05. The van der Waals surface area contributed by atoms with Gasteiger partial charge in [0.2, 0.25) is 0 Å². The summed E-state index contributed by atoms with van der Waals surface area (Å²) in [4.78, 5) is 14.1. The largest absolute Gasteiger partial charge is 0.382 e. The summed E-state index contributed by atoms with van der Waals surface area (Å²) in [6, 6.07) is 8.29. The van der Waals surface area contributed by atoms with Crippen molar-refractivity contribution in [1.82, 2.24) is 10.2 Å². The fourth-order valence-corrected chi connectivity index (χ4v) is 2.94. The van der Waals surface area contributed by atoms with Gasteiger partial charge < -0.3 is 15.5 Å². The molecule has 0 radical (unpaired) electrons. The summed E-state index contributed by atoms with van der Waals surface area (Å²) in [5.41, 5.74) is 1.81. The number of benzene rings is 1. The maximum atomic E-state index is 11.5. The Balaban J connectivity index is 1.88. The summed E-state index contributed by atoms with van der Waals surface area (Å²) in [6.45, 7) is 5.87. The van der Waals surface area contributed by atoms with E-state index in [1.54, 1.807) is 7.05 Å². The first-order valence-electron chi connectivity index (χ1n) is 8.04. The van der Waals surface area contributed by atoms with Crippen LogP contribution in [0, 0.1) is 0 Å². The van der Waals surface area contributed by atoms with Gasteiger partial charge in [-0.3, -0.25) is 4.79 Å². The van der Waals surface area contributed by atoms with Crippen LogP contribution in [0.2, 0.25) is 0 Å². The molecule has 4 heteroatoms. The normalized spacial score (nSPS) is 19.8. The Morgan fingerprint density at radius 1 is 1.24 bits per heavy atom. The minimum Gasteiger partial charge on any atom is -0.382 e. The van der Waals surface area contributed by atoms with E-state index < -0.39 is 0 Å². The maximum absolute atomic E-state index is 11.5. The van der Waals surface area contributed by atoms with Crippen LogP contribution in [0.1, 0.15) is 43.0 Å². The van der Waals surface area contributed by atoms with Crippen molar-refractivity contribution < 1.29 is 4.79 Å². The van der Waals surface area contributed by atoms with Gasteiger partial charge in [0.1, 0.15) is 0 Å². The Bertz CT molecular complexity index is 444. The van der Waals surface area contributed by atoms with Gasteiger partial charge in [0.15, 0.2) is 0 Å². The van der Waals surface area contributed by atoms with Crippen molar-refractivity contribution in [2.24, 2.45) is 0 Å². The average Bonchev–Trinajstić information content (AvgIpc) is 2.73. The lowest BCUT2D eigenvalue weighted by Gasteiger charge is -2.20. The molecule has 1 aliphatic heterocycles. The number of amides is 1. The molecule has 0 aliphatic carbocycles. The number of nitrogens with one attached hydrogen (secondary N) is 2. The lowest BCUT2D eigenvalue weighted by molar-refractivity contribution is 0.0963. The van der Waals surface area contributed by atoms with Crippen LogP contribution in [-0.2, 0) is 0 Å². The van der Waals surface area contributed by atoms with Crippen LogP contribution in [0.3, 0.4) is 0 Å². The molecule has 1 unspecified atom stereocenters. The summed E-state index contributed by atoms with van der Waals surface area (Å²) in [6.07, 6.45) is 4.90. The second kappa shape index (κ2) is 8.03. The molecule has 1 fully saturated rings. The van der Waals surface area contributed by atoms with E-state index in [0.29, 0.717) is 11.6 Å². The van der Waals surface area contributed by atoms with Crippen molar-refractivity contribution in [2.75, 3.05) is 32.0 Å². The number of anilines is 1. The molecular formula is C17H27N3O. The van der Waals surface area contributed by atoms with Crippen LogP contribution in [0.15, 0.2) is 24.3 Å². The van der Waals surface area contributed by atoms with Crippen molar-refractivity contribution in [1.29, 1.82) is 0 Å². The first-order valence-corrected chi connectivity index (χ1v) is 8.04. The smallest absolute Gasteiger partial charge is 0.251 e. The van der Waals surface area contributed by atoms with Crippen LogP contribution in [0.5, 0.6) is 0 Å². The first-order chi connectivity index (χ1) is 10.2. The van der Waals surface area contributed by atoms with Gasteiger partial charge in [-0.1, -0.05) is 6.92 Å². The third kappa shape index (κ3) is 4.74. The second-order valence-electron chi connectivity index (χ2n) is 5.77. The molecule has 1 aromatic carbocycles. The number of hydrogen-bond donors (Lipinski definition) is 2. The predicted molar refractivity (Wildman–Crippen MR) is 87.8 cm³/mol. The lowest BCUT2D eigenvalue weighted by atomic mass is 10.1. The Labute approximate surface area is 127 Å². The van der Waals surface area contributed by atoms with E-state index in [9.17, 15) is 4.79 Å². The fraction of sp³-hybridized carbons (Fsp3) is 0.588. The van der Waals surface area contributed by atoms with Crippen molar-refractivity contribution >= 4 is 11.6 Å². The summed E-state index contributed by atoms with van der Waals surface area (Å²) in [5, 5.41) is 6.25. The Hall–Kier alpha value is -1.55. The van der Waals surface area contributed by atoms with E-state index in [1.807, 2.05) is 24.3 Å². The molecule has 0 spiro atoms. The van der Waals surface area contributed by atoms with Gasteiger partial charge in [0.05, 0.1) is 0 Å². The highest BCUT2D eigenvalue weighted by Gasteiger charge is 2.16. The van der Waals surface area contributed by atoms with Crippen molar-refractivity contribution in [3.8, 4) is 0 Å². The molecule has 0 aromatic heterocycles. The molecule has 1 atom stereocenters. The summed E-state index contributed by atoms with van der Waals surface area (Å²) < 4.78 is 0. The number of likely N-dealkylation sites (tertiary alicyclic amines) is 1. The van der Waals surface area contributed by atoms with Gasteiger partial charge in [-0.05, 0) is 63.0 Å². The molecule has 1 aromatic rings. The van der Waals surface area contributed by atoms with E-state index in [-0.39, 0.29) is 5.91 Å². The summed E-state index contributed by atoms with van der Waals surface area (Å²) >= 11 is 0. The number of hydrogen-bond acceptors (Lipinski definition) is 3. The minimum absolute atomic E-state index is 0.0359. The lowest BCUT2D eigenvalue weighted by Crippen LogP contribution is -2.27. The fourth-order valence-electron chi connectivity index (χ4n) is 2.94. The third-order valence-electron chi connectivity index (χ3n) is 4.11. The Morgan fingerprint density at radius 3 is 2.67 bits per heavy atom. The number of carbonyl (C=O) groups excluding carboxylic acids is 1. The zero-order valence-corrected chi connectivity index (χ0v) is 13.2. The molecule has 0 saturated carbocycles. The first kappa shape index (κ1) is 15.8. The number of nitrogens with zero attached hydrogens (tertiary/aromatic N) is 1. The van der Waals surface area contributed by atoms with Crippen molar-refractivity contribution in [3.63, 3.8) is 0 Å². The molecule has 4 nitrogen and oxygen atoms in total. The predicted octanol–water partition coefficient (Wildman–Crippen LogP) is 2.72. The second-order valence-corrected chi connectivity index (χ2v) is 5.77. The summed E-state index contributed by atoms with van der Waals surface area (Å²) in [5.74, 6) is -0.0359. The summed E-state index contributed by atoms with van der Waals surface area (Å²) in [7, 11) is 1.65. The molecule has 2 rings (SSSR count). The van der Waals surface area contributed by atoms with Crippen LogP contribution >= 0.6 is 0 Å². The van der Waals surface area contributed by atoms with Gasteiger partial charge in [0.25, 0.3) is 5.91 Å². The zero-order valence-electron chi connectivity index (χ0n) is 13.2. The van der Waals surface area contributed by atoms with E-state index >= 15 is 0 Å². The monoisotopic (exact) mass is 289 g/mol. The number of rotatable bonds is 5. The molecule has 0 bridgehead atoms. The van der Waals surface area contributed by atoms with E-state index in [4.69, 9.17) is 0 Å². The van der Waals surface area contributed by atoms with Crippen molar-refractivity contribution in [3.05, 3.63) is 29.8 Å². The number of carbonyl (C=O) groups is 1. The molecule has 21 heavy (non-hydrogen) atoms. The van der Waals surface area contributed by atoms with Gasteiger partial charge in [-0.2, -0.15) is 0 Å². The van der Waals surface area contributed by atoms with Crippen LogP contribution in [0.4, 0.5) is 5.69 Å². The van der Waals surface area contributed by atoms with Crippen LogP contribution in [0.25, 0.3) is 0 Å². The molecular weight excluding hydrogens is 262 g/mol. The average molecular weight is 289 g/mol. The SMILES string of the molecule is CCCN1CCCC(Nc2ccc(C(=O)NC)cc2)CC1. The van der Waals surface area contributed by atoms with Gasteiger partial charge in [-0.25, -0.2) is 0 Å². The molecule has 1 heterocycles. The quantitative estimate of drug-likeness (QED) is 0.876.